The minimum absolute atomic E-state index is 0.0292. The average Bonchev–Trinajstić information content (AvgIpc) is 2.84. The normalized spacial score (nSPS) is 19.9. The van der Waals surface area contributed by atoms with Crippen LogP contribution in [0.4, 0.5) is 0 Å². The maximum Gasteiger partial charge on any atom is 0.250 e. The lowest BCUT2D eigenvalue weighted by Crippen LogP contribution is -2.60. The Morgan fingerprint density at radius 1 is 1.00 bits per heavy atom. The van der Waals surface area contributed by atoms with Gasteiger partial charge in [-0.3, -0.25) is 9.59 Å². The van der Waals surface area contributed by atoms with Gasteiger partial charge in [0, 0.05) is 37.3 Å². The molecule has 0 unspecified atom stereocenters. The number of alkyl halides is 3. The molecular weight excluding hydrogens is 539 g/mol. The molecule has 1 saturated heterocycles. The molecule has 0 aliphatic carbocycles. The van der Waals surface area contributed by atoms with E-state index in [-0.39, 0.29) is 29.7 Å². The van der Waals surface area contributed by atoms with Gasteiger partial charge in [0.25, 0.3) is 5.56 Å². The third-order valence-electron chi connectivity index (χ3n) is 6.90. The number of piperidine rings is 1. The molecule has 2 N–H and O–H groups in total. The van der Waals surface area contributed by atoms with Crippen molar-refractivity contribution in [2.75, 3.05) is 13.1 Å². The monoisotopic (exact) mass is 562 g/mol. The van der Waals surface area contributed by atoms with E-state index in [9.17, 15) is 9.59 Å². The first kappa shape index (κ1) is 25.3. The number of hydrogen-bond donors (Lipinski definition) is 2. The SMILES string of the molecule is O=C(Cc1cccc2ccccc12)N[C@@H](NC(=S)N1C[C@@H]2C[C@H](C1)c1cccc(=O)n1C2)C(Cl)(Cl)Cl. The van der Waals surface area contributed by atoms with Gasteiger partial charge in [0.2, 0.25) is 9.70 Å². The van der Waals surface area contributed by atoms with Crippen LogP contribution in [0.3, 0.4) is 0 Å². The molecule has 2 bridgehead atoms. The van der Waals surface area contributed by atoms with Crippen LogP contribution in [-0.4, -0.2) is 43.5 Å². The van der Waals surface area contributed by atoms with Crippen LogP contribution < -0.4 is 16.2 Å². The second-order valence-corrected chi connectivity index (χ2v) is 12.2. The van der Waals surface area contributed by atoms with Crippen LogP contribution in [0.25, 0.3) is 10.8 Å². The summed E-state index contributed by atoms with van der Waals surface area (Å²) in [4.78, 5) is 27.3. The van der Waals surface area contributed by atoms with Gasteiger partial charge in [-0.05, 0) is 47.0 Å². The summed E-state index contributed by atoms with van der Waals surface area (Å²) in [5.41, 5.74) is 1.93. The predicted octanol–water partition coefficient (Wildman–Crippen LogP) is 4.35. The van der Waals surface area contributed by atoms with Gasteiger partial charge in [-0.2, -0.15) is 0 Å². The number of benzene rings is 2. The molecule has 2 aliphatic rings. The van der Waals surface area contributed by atoms with E-state index in [1.54, 1.807) is 12.1 Å². The number of aromatic nitrogens is 1. The maximum absolute atomic E-state index is 13.0. The van der Waals surface area contributed by atoms with Crippen LogP contribution in [0.15, 0.2) is 65.5 Å². The quantitative estimate of drug-likeness (QED) is 0.281. The van der Waals surface area contributed by atoms with Crippen LogP contribution in [0.5, 0.6) is 0 Å². The number of amides is 1. The molecule has 0 spiro atoms. The molecule has 1 fully saturated rings. The molecule has 3 atom stereocenters. The molecule has 1 aromatic heterocycles. The van der Waals surface area contributed by atoms with Gasteiger partial charge in [-0.15, -0.1) is 0 Å². The lowest BCUT2D eigenvalue weighted by atomic mass is 9.83. The van der Waals surface area contributed by atoms with Crippen LogP contribution in [0.2, 0.25) is 0 Å². The van der Waals surface area contributed by atoms with Crippen molar-refractivity contribution in [2.45, 2.75) is 35.3 Å². The van der Waals surface area contributed by atoms with Crippen molar-refractivity contribution < 1.29 is 4.79 Å². The number of thiocarbonyl (C=S) groups is 1. The Morgan fingerprint density at radius 2 is 1.75 bits per heavy atom. The standard InChI is InChI=1S/C26H25Cl3N4O2S/c27-26(28,29)24(30-22(34)12-18-7-3-6-17-5-1-2-8-20(17)18)31-25(36)32-13-16-11-19(15-32)21-9-4-10-23(35)33(21)14-16/h1-10,16,19,24H,11-15H2,(H,30,34)(H,31,36)/t16-,19+,24-/m0/s1. The molecule has 10 heteroatoms. The molecule has 36 heavy (non-hydrogen) atoms. The highest BCUT2D eigenvalue weighted by Crippen LogP contribution is 2.35. The van der Waals surface area contributed by atoms with Crippen LogP contribution in [0.1, 0.15) is 23.6 Å². The first-order chi connectivity index (χ1) is 17.2. The van der Waals surface area contributed by atoms with Crippen molar-refractivity contribution in [3.8, 4) is 0 Å². The van der Waals surface area contributed by atoms with Gasteiger partial charge in [0.15, 0.2) is 5.11 Å². The van der Waals surface area contributed by atoms with Gasteiger partial charge < -0.3 is 20.1 Å². The fraction of sp³-hybridized carbons (Fsp3) is 0.346. The molecular formula is C26H25Cl3N4O2S. The highest BCUT2D eigenvalue weighted by atomic mass is 35.6. The number of carbonyl (C=O) groups is 1. The molecule has 0 saturated carbocycles. The zero-order valence-electron chi connectivity index (χ0n) is 19.3. The molecule has 188 valence electrons. The van der Waals surface area contributed by atoms with E-state index >= 15 is 0 Å². The highest BCUT2D eigenvalue weighted by molar-refractivity contribution is 7.80. The van der Waals surface area contributed by atoms with Crippen LogP contribution in [0, 0.1) is 5.92 Å². The zero-order chi connectivity index (χ0) is 25.4. The first-order valence-electron chi connectivity index (χ1n) is 11.8. The van der Waals surface area contributed by atoms with Crippen molar-refractivity contribution in [3.05, 3.63) is 82.3 Å². The summed E-state index contributed by atoms with van der Waals surface area (Å²) < 4.78 is 0.0360. The fourth-order valence-corrected chi connectivity index (χ4v) is 5.90. The summed E-state index contributed by atoms with van der Waals surface area (Å²) in [6.07, 6.45) is 0.110. The summed E-state index contributed by atoms with van der Waals surface area (Å²) in [6, 6.07) is 19.1. The maximum atomic E-state index is 13.0. The number of nitrogens with zero attached hydrogens (tertiary/aromatic N) is 2. The Kier molecular flexibility index (Phi) is 7.18. The Hall–Kier alpha value is -2.32. The zero-order valence-corrected chi connectivity index (χ0v) is 22.4. The minimum Gasteiger partial charge on any atom is -0.348 e. The van der Waals surface area contributed by atoms with Gasteiger partial charge in [0.05, 0.1) is 6.42 Å². The summed E-state index contributed by atoms with van der Waals surface area (Å²) in [7, 11) is 0. The number of pyridine rings is 1. The number of fused-ring (bicyclic) bond motifs is 5. The summed E-state index contributed by atoms with van der Waals surface area (Å²) in [5, 5.41) is 8.33. The van der Waals surface area contributed by atoms with Crippen molar-refractivity contribution >= 4 is 68.8 Å². The van der Waals surface area contributed by atoms with E-state index in [0.29, 0.717) is 24.7 Å². The Bertz CT molecular complexity index is 1370. The summed E-state index contributed by atoms with van der Waals surface area (Å²) in [5.74, 6) is 0.170. The van der Waals surface area contributed by atoms with E-state index in [1.165, 1.54) is 0 Å². The largest absolute Gasteiger partial charge is 0.348 e. The Labute approximate surface area is 229 Å². The van der Waals surface area contributed by atoms with Crippen molar-refractivity contribution in [2.24, 2.45) is 5.92 Å². The molecule has 2 aromatic carbocycles. The van der Waals surface area contributed by atoms with Crippen LogP contribution >= 0.6 is 47.0 Å². The summed E-state index contributed by atoms with van der Waals surface area (Å²) in [6.45, 7) is 1.97. The lowest BCUT2D eigenvalue weighted by molar-refractivity contribution is -0.121. The third kappa shape index (κ3) is 5.35. The van der Waals surface area contributed by atoms with Crippen molar-refractivity contribution in [1.29, 1.82) is 0 Å². The molecule has 3 aromatic rings. The lowest BCUT2D eigenvalue weighted by Gasteiger charge is -2.44. The highest BCUT2D eigenvalue weighted by Gasteiger charge is 2.38. The van der Waals surface area contributed by atoms with E-state index in [1.807, 2.05) is 58.0 Å². The molecule has 2 aliphatic heterocycles. The average molecular weight is 564 g/mol. The fourth-order valence-electron chi connectivity index (χ4n) is 5.31. The molecule has 5 rings (SSSR count). The van der Waals surface area contributed by atoms with E-state index < -0.39 is 9.96 Å². The molecule has 1 amide bonds. The van der Waals surface area contributed by atoms with Gasteiger partial charge in [-0.25, -0.2) is 0 Å². The second kappa shape index (κ2) is 10.2. The summed E-state index contributed by atoms with van der Waals surface area (Å²) >= 11 is 24.4. The van der Waals surface area contributed by atoms with Gasteiger partial charge >= 0.3 is 0 Å². The molecule has 6 nitrogen and oxygen atoms in total. The Morgan fingerprint density at radius 3 is 2.56 bits per heavy atom. The number of nitrogens with one attached hydrogen (secondary N) is 2. The predicted molar refractivity (Wildman–Crippen MR) is 149 cm³/mol. The third-order valence-corrected chi connectivity index (χ3v) is 7.93. The molecule has 3 heterocycles. The number of halogens is 3. The minimum atomic E-state index is -1.83. The topological polar surface area (TPSA) is 66.4 Å². The van der Waals surface area contributed by atoms with E-state index in [2.05, 4.69) is 10.6 Å². The smallest absolute Gasteiger partial charge is 0.250 e. The van der Waals surface area contributed by atoms with Crippen molar-refractivity contribution in [3.63, 3.8) is 0 Å². The first-order valence-corrected chi connectivity index (χ1v) is 13.3. The molecule has 0 radical (unpaired) electrons. The van der Waals surface area contributed by atoms with Gasteiger partial charge in [0.1, 0.15) is 6.17 Å². The van der Waals surface area contributed by atoms with Gasteiger partial charge in [-0.1, -0.05) is 83.3 Å². The van der Waals surface area contributed by atoms with Crippen molar-refractivity contribution in [1.82, 2.24) is 20.1 Å². The number of rotatable bonds is 4. The van der Waals surface area contributed by atoms with E-state index in [4.69, 9.17) is 47.0 Å². The van der Waals surface area contributed by atoms with E-state index in [0.717, 1.165) is 28.5 Å². The number of carbonyl (C=O) groups excluding carboxylic acids is 1. The van der Waals surface area contributed by atoms with Crippen LogP contribution in [-0.2, 0) is 17.8 Å². The Balaban J connectivity index is 1.27. The number of likely N-dealkylation sites (tertiary alicyclic amines) is 1. The number of hydrogen-bond acceptors (Lipinski definition) is 3. The second-order valence-electron chi connectivity index (χ2n) is 9.41.